The summed E-state index contributed by atoms with van der Waals surface area (Å²) in [5, 5.41) is 4.80. The van der Waals surface area contributed by atoms with Gasteiger partial charge in [-0.2, -0.15) is 0 Å². The van der Waals surface area contributed by atoms with Gasteiger partial charge in [-0.05, 0) is 35.7 Å². The molecule has 0 spiro atoms. The molecule has 0 aliphatic carbocycles. The molecule has 0 saturated carbocycles. The van der Waals surface area contributed by atoms with Gasteiger partial charge in [0.2, 0.25) is 5.91 Å². The maximum Gasteiger partial charge on any atom is 0.259 e. The minimum absolute atomic E-state index is 0.263. The first kappa shape index (κ1) is 18.1. The molecule has 0 aliphatic rings. The molecule has 2 aromatic rings. The van der Waals surface area contributed by atoms with Gasteiger partial charge in [-0.1, -0.05) is 26.0 Å². The zero-order valence-electron chi connectivity index (χ0n) is 14.0. The zero-order chi connectivity index (χ0) is 18.2. The molecule has 0 aliphatic heterocycles. The highest BCUT2D eigenvalue weighted by atomic mass is 16.2. The Labute approximate surface area is 146 Å². The molecule has 0 unspecified atom stereocenters. The number of pyridine rings is 1. The predicted molar refractivity (Wildman–Crippen MR) is 95.0 cm³/mol. The highest BCUT2D eigenvalue weighted by Gasteiger charge is 2.08. The second kappa shape index (κ2) is 8.54. The summed E-state index contributed by atoms with van der Waals surface area (Å²) in [7, 11) is 0. The van der Waals surface area contributed by atoms with Crippen LogP contribution in [0.15, 0.2) is 60.9 Å². The van der Waals surface area contributed by atoms with E-state index < -0.39 is 17.7 Å². The van der Waals surface area contributed by atoms with Crippen LogP contribution in [0.2, 0.25) is 0 Å². The van der Waals surface area contributed by atoms with Crippen molar-refractivity contribution in [3.05, 3.63) is 72.1 Å². The van der Waals surface area contributed by atoms with Crippen molar-refractivity contribution in [2.24, 2.45) is 0 Å². The first-order valence-electron chi connectivity index (χ1n) is 7.80. The summed E-state index contributed by atoms with van der Waals surface area (Å²) >= 11 is 0. The average Bonchev–Trinajstić information content (AvgIpc) is 2.61. The van der Waals surface area contributed by atoms with Gasteiger partial charge in [0.25, 0.3) is 11.8 Å². The van der Waals surface area contributed by atoms with E-state index >= 15 is 0 Å². The largest absolute Gasteiger partial charge is 0.323 e. The Kier molecular flexibility index (Phi) is 6.17. The third-order valence-electron chi connectivity index (χ3n) is 3.39. The van der Waals surface area contributed by atoms with E-state index in [1.54, 1.807) is 18.2 Å². The molecule has 0 fully saturated rings. The van der Waals surface area contributed by atoms with Gasteiger partial charge in [0.1, 0.15) is 0 Å². The Balaban J connectivity index is 1.87. The summed E-state index contributed by atoms with van der Waals surface area (Å²) in [5.41, 5.74) is 2.06. The normalized spacial score (nSPS) is 10.7. The van der Waals surface area contributed by atoms with Crippen LogP contribution in [0, 0.1) is 0 Å². The Morgan fingerprint density at radius 2 is 1.68 bits per heavy atom. The van der Waals surface area contributed by atoms with Crippen molar-refractivity contribution in [3.63, 3.8) is 0 Å². The van der Waals surface area contributed by atoms with Crippen LogP contribution >= 0.6 is 0 Å². The molecule has 1 aromatic carbocycles. The number of hydrogen-bond acceptors (Lipinski definition) is 4. The van der Waals surface area contributed by atoms with Crippen molar-refractivity contribution >= 4 is 23.4 Å². The van der Waals surface area contributed by atoms with E-state index in [2.05, 4.69) is 29.5 Å². The van der Waals surface area contributed by atoms with Gasteiger partial charge in [0.15, 0.2) is 0 Å². The van der Waals surface area contributed by atoms with E-state index in [1.807, 2.05) is 12.1 Å². The first-order valence-corrected chi connectivity index (χ1v) is 7.80. The van der Waals surface area contributed by atoms with Gasteiger partial charge in [0, 0.05) is 30.2 Å². The van der Waals surface area contributed by atoms with E-state index in [1.165, 1.54) is 24.0 Å². The first-order chi connectivity index (χ1) is 12.0. The number of aromatic nitrogens is 1. The van der Waals surface area contributed by atoms with E-state index in [4.69, 9.17) is 0 Å². The number of rotatable bonds is 5. The lowest BCUT2D eigenvalue weighted by molar-refractivity contribution is -0.116. The number of anilines is 1. The van der Waals surface area contributed by atoms with Crippen molar-refractivity contribution in [1.82, 2.24) is 10.3 Å². The van der Waals surface area contributed by atoms with Gasteiger partial charge in [-0.15, -0.1) is 0 Å². The van der Waals surface area contributed by atoms with Crippen LogP contribution in [0.25, 0.3) is 0 Å². The fraction of sp³-hybridized carbons (Fsp3) is 0.158. The van der Waals surface area contributed by atoms with E-state index in [-0.39, 0.29) is 5.56 Å². The highest BCUT2D eigenvalue weighted by molar-refractivity contribution is 6.10. The van der Waals surface area contributed by atoms with Crippen LogP contribution in [-0.4, -0.2) is 22.7 Å². The highest BCUT2D eigenvalue weighted by Crippen LogP contribution is 2.17. The third-order valence-corrected chi connectivity index (χ3v) is 3.39. The van der Waals surface area contributed by atoms with Gasteiger partial charge in [0.05, 0.1) is 5.56 Å². The molecule has 1 heterocycles. The summed E-state index contributed by atoms with van der Waals surface area (Å²) in [5.74, 6) is -1.31. The monoisotopic (exact) mass is 337 g/mol. The fourth-order valence-corrected chi connectivity index (χ4v) is 2.01. The minimum atomic E-state index is -0.681. The standard InChI is InChI=1S/C19H19N3O3/c1-13(2)14-5-7-16(8-6-14)21-17(23)9-10-18(24)22-19(25)15-4-3-11-20-12-15/h3-13H,1-2H3,(H,21,23)(H,22,24,25)/b10-9+. The molecule has 0 radical (unpaired) electrons. The molecule has 6 heteroatoms. The lowest BCUT2D eigenvalue weighted by atomic mass is 10.0. The lowest BCUT2D eigenvalue weighted by Gasteiger charge is -2.07. The number of amides is 3. The molecule has 2 rings (SSSR count). The molecule has 2 N–H and O–H groups in total. The zero-order valence-corrected chi connectivity index (χ0v) is 14.0. The summed E-state index contributed by atoms with van der Waals surface area (Å²) in [6.07, 6.45) is 4.95. The molecule has 0 bridgehead atoms. The van der Waals surface area contributed by atoms with Crippen LogP contribution in [0.5, 0.6) is 0 Å². The average molecular weight is 337 g/mol. The molecular weight excluding hydrogens is 318 g/mol. The molecule has 1 aromatic heterocycles. The van der Waals surface area contributed by atoms with E-state index in [9.17, 15) is 14.4 Å². The molecule has 3 amide bonds. The second-order valence-electron chi connectivity index (χ2n) is 5.66. The molecule has 0 atom stereocenters. The Morgan fingerprint density at radius 3 is 2.28 bits per heavy atom. The fourth-order valence-electron chi connectivity index (χ4n) is 2.01. The SMILES string of the molecule is CC(C)c1ccc(NC(=O)/C=C/C(=O)NC(=O)c2cccnc2)cc1. The number of carbonyl (C=O) groups excluding carboxylic acids is 3. The van der Waals surface area contributed by atoms with Crippen molar-refractivity contribution in [1.29, 1.82) is 0 Å². The van der Waals surface area contributed by atoms with Crippen molar-refractivity contribution in [3.8, 4) is 0 Å². The van der Waals surface area contributed by atoms with E-state index in [0.717, 1.165) is 12.2 Å². The molecule has 6 nitrogen and oxygen atoms in total. The smallest absolute Gasteiger partial charge is 0.259 e. The van der Waals surface area contributed by atoms with E-state index in [0.29, 0.717) is 11.6 Å². The molecule has 128 valence electrons. The van der Waals surface area contributed by atoms with Crippen molar-refractivity contribution < 1.29 is 14.4 Å². The van der Waals surface area contributed by atoms with Crippen LogP contribution in [0.3, 0.4) is 0 Å². The summed E-state index contributed by atoms with van der Waals surface area (Å²) in [6, 6.07) is 10.6. The topological polar surface area (TPSA) is 88.2 Å². The molecule has 0 saturated heterocycles. The van der Waals surface area contributed by atoms with Gasteiger partial charge >= 0.3 is 0 Å². The summed E-state index contributed by atoms with van der Waals surface area (Å²) in [4.78, 5) is 39.1. The number of nitrogens with zero attached hydrogens (tertiary/aromatic N) is 1. The Bertz CT molecular complexity index is 781. The number of nitrogens with one attached hydrogen (secondary N) is 2. The van der Waals surface area contributed by atoms with Crippen molar-refractivity contribution in [2.45, 2.75) is 19.8 Å². The van der Waals surface area contributed by atoms with Crippen LogP contribution in [0.4, 0.5) is 5.69 Å². The Hall–Kier alpha value is -3.28. The number of imide groups is 1. The van der Waals surface area contributed by atoms with Gasteiger partial charge < -0.3 is 5.32 Å². The third kappa shape index (κ3) is 5.69. The predicted octanol–water partition coefficient (Wildman–Crippen LogP) is 2.66. The quantitative estimate of drug-likeness (QED) is 0.821. The number of carbonyl (C=O) groups is 3. The Morgan fingerprint density at radius 1 is 1.00 bits per heavy atom. The summed E-state index contributed by atoms with van der Waals surface area (Å²) < 4.78 is 0. The molecular formula is C19H19N3O3. The summed E-state index contributed by atoms with van der Waals surface area (Å²) in [6.45, 7) is 4.17. The van der Waals surface area contributed by atoms with Crippen LogP contribution < -0.4 is 10.6 Å². The second-order valence-corrected chi connectivity index (χ2v) is 5.66. The van der Waals surface area contributed by atoms with Crippen LogP contribution in [-0.2, 0) is 9.59 Å². The van der Waals surface area contributed by atoms with Crippen molar-refractivity contribution in [2.75, 3.05) is 5.32 Å². The van der Waals surface area contributed by atoms with Crippen LogP contribution in [0.1, 0.15) is 35.7 Å². The van der Waals surface area contributed by atoms with Gasteiger partial charge in [-0.25, -0.2) is 0 Å². The number of hydrogen-bond donors (Lipinski definition) is 2. The minimum Gasteiger partial charge on any atom is -0.323 e. The maximum atomic E-state index is 11.8. The van der Waals surface area contributed by atoms with Gasteiger partial charge in [-0.3, -0.25) is 24.7 Å². The molecule has 25 heavy (non-hydrogen) atoms. The maximum absolute atomic E-state index is 11.8. The lowest BCUT2D eigenvalue weighted by Crippen LogP contribution is -2.29. The number of benzene rings is 1.